The number of halogens is 1. The van der Waals surface area contributed by atoms with Crippen LogP contribution in [0.1, 0.15) is 44.4 Å². The van der Waals surface area contributed by atoms with Crippen LogP contribution in [0, 0.1) is 18.8 Å². The van der Waals surface area contributed by atoms with E-state index in [1.807, 2.05) is 75.4 Å². The molecule has 1 aliphatic rings. The Labute approximate surface area is 294 Å². The van der Waals surface area contributed by atoms with Gasteiger partial charge in [0, 0.05) is 13.1 Å². The van der Waals surface area contributed by atoms with Crippen LogP contribution < -0.4 is 11.1 Å². The summed E-state index contributed by atoms with van der Waals surface area (Å²) in [7, 11) is -4.13. The number of nitrogens with one attached hydrogen (secondary N) is 1. The smallest absolute Gasteiger partial charge is 0.328 e. The van der Waals surface area contributed by atoms with Crippen molar-refractivity contribution in [2.45, 2.75) is 70.7 Å². The molecule has 3 aromatic rings. The van der Waals surface area contributed by atoms with Gasteiger partial charge in [-0.25, -0.2) is 13.2 Å². The lowest BCUT2D eigenvalue weighted by molar-refractivity contribution is -0.129. The zero-order chi connectivity index (χ0) is 36.0. The molecule has 1 fully saturated rings. The number of benzene rings is 3. The summed E-state index contributed by atoms with van der Waals surface area (Å²) in [6, 6.07) is 18.2. The standard InChI is InChI=1S/C36H46ClN5O6S/c1-23(2)19-40(49(47,48)28-14-15-29(37)30(38)18-28)21-32(43)31(17-26-11-7-6-8-12-26)39-35(45)34(24(3)4)42-22-33(44)41(36(42)46)20-27-13-9-10-25(5)16-27/h6-16,18,23-24,31-32,34,43H,17,19-22,38H2,1-5H3,(H,39,45)/t31-,32+,34?/m0/s1. The molecule has 1 saturated heterocycles. The molecule has 3 aromatic carbocycles. The van der Waals surface area contributed by atoms with Crippen molar-refractivity contribution < 1.29 is 27.9 Å². The van der Waals surface area contributed by atoms with Gasteiger partial charge in [-0.3, -0.25) is 14.5 Å². The molecule has 1 aliphatic heterocycles. The summed E-state index contributed by atoms with van der Waals surface area (Å²) >= 11 is 6.05. The van der Waals surface area contributed by atoms with Crippen LogP contribution in [0.2, 0.25) is 5.02 Å². The lowest BCUT2D eigenvalue weighted by Crippen LogP contribution is -2.57. The van der Waals surface area contributed by atoms with E-state index >= 15 is 0 Å². The number of carbonyl (C=O) groups excluding carboxylic acids is 3. The van der Waals surface area contributed by atoms with Gasteiger partial charge in [-0.1, -0.05) is 99.5 Å². The molecule has 4 amide bonds. The van der Waals surface area contributed by atoms with Crippen molar-refractivity contribution in [3.05, 3.63) is 94.5 Å². The number of aliphatic hydroxyl groups excluding tert-OH is 1. The molecule has 11 nitrogen and oxygen atoms in total. The van der Waals surface area contributed by atoms with Crippen LogP contribution in [-0.4, -0.2) is 83.3 Å². The molecular formula is C36H46ClN5O6S. The van der Waals surface area contributed by atoms with Crippen LogP contribution in [0.4, 0.5) is 10.5 Å². The number of imide groups is 1. The number of sulfonamides is 1. The van der Waals surface area contributed by atoms with Crippen LogP contribution in [0.5, 0.6) is 0 Å². The average molecular weight is 712 g/mol. The maximum absolute atomic E-state index is 14.1. The molecule has 1 heterocycles. The first kappa shape index (κ1) is 37.8. The van der Waals surface area contributed by atoms with Crippen molar-refractivity contribution in [1.82, 2.24) is 19.4 Å². The SMILES string of the molecule is Cc1cccc(CN2C(=O)CN(C(C(=O)N[C@@H](Cc3ccccc3)[C@H](O)CN(CC(C)C)S(=O)(=O)c3ccc(Cl)c(N)c3)C(C)C)C2=O)c1. The van der Waals surface area contributed by atoms with Gasteiger partial charge in [-0.05, 0) is 54.5 Å². The summed E-state index contributed by atoms with van der Waals surface area (Å²) in [5.41, 5.74) is 8.61. The molecule has 0 aliphatic carbocycles. The number of nitrogen functional groups attached to an aromatic ring is 1. The third kappa shape index (κ3) is 9.39. The zero-order valence-corrected chi connectivity index (χ0v) is 30.1. The number of nitrogens with two attached hydrogens (primary N) is 1. The van der Waals surface area contributed by atoms with E-state index in [0.717, 1.165) is 21.6 Å². The van der Waals surface area contributed by atoms with E-state index < -0.39 is 52.0 Å². The number of urea groups is 1. The third-order valence-corrected chi connectivity index (χ3v) is 10.6. The quantitative estimate of drug-likeness (QED) is 0.156. The molecule has 49 heavy (non-hydrogen) atoms. The normalized spacial score (nSPS) is 15.7. The Morgan fingerprint density at radius 2 is 1.65 bits per heavy atom. The van der Waals surface area contributed by atoms with Crippen molar-refractivity contribution in [3.63, 3.8) is 0 Å². The van der Waals surface area contributed by atoms with E-state index in [2.05, 4.69) is 5.32 Å². The molecule has 0 saturated carbocycles. The second kappa shape index (κ2) is 16.2. The molecular weight excluding hydrogens is 666 g/mol. The Hall–Kier alpha value is -3.97. The van der Waals surface area contributed by atoms with E-state index in [1.54, 1.807) is 13.8 Å². The monoisotopic (exact) mass is 711 g/mol. The van der Waals surface area contributed by atoms with Crippen LogP contribution >= 0.6 is 11.6 Å². The molecule has 1 unspecified atom stereocenters. The first-order chi connectivity index (χ1) is 23.1. The molecule has 4 rings (SSSR count). The Morgan fingerprint density at radius 1 is 0.980 bits per heavy atom. The van der Waals surface area contributed by atoms with Crippen molar-refractivity contribution in [2.75, 3.05) is 25.4 Å². The molecule has 0 spiro atoms. The second-order valence-electron chi connectivity index (χ2n) is 13.3. The van der Waals surface area contributed by atoms with E-state index in [0.29, 0.717) is 0 Å². The highest BCUT2D eigenvalue weighted by molar-refractivity contribution is 7.89. The third-order valence-electron chi connectivity index (χ3n) is 8.40. The number of anilines is 1. The minimum atomic E-state index is -4.13. The van der Waals surface area contributed by atoms with Gasteiger partial charge in [0.25, 0.3) is 5.91 Å². The minimum absolute atomic E-state index is 0.0711. The van der Waals surface area contributed by atoms with E-state index in [9.17, 15) is 27.9 Å². The Morgan fingerprint density at radius 3 is 2.27 bits per heavy atom. The molecule has 3 atom stereocenters. The minimum Gasteiger partial charge on any atom is -0.397 e. The second-order valence-corrected chi connectivity index (χ2v) is 15.7. The van der Waals surface area contributed by atoms with Crippen molar-refractivity contribution in [3.8, 4) is 0 Å². The van der Waals surface area contributed by atoms with Crippen LogP contribution in [0.25, 0.3) is 0 Å². The average Bonchev–Trinajstić information content (AvgIpc) is 3.29. The highest BCUT2D eigenvalue weighted by Crippen LogP contribution is 2.26. The summed E-state index contributed by atoms with van der Waals surface area (Å²) in [4.78, 5) is 43.1. The highest BCUT2D eigenvalue weighted by Gasteiger charge is 2.44. The van der Waals surface area contributed by atoms with Gasteiger partial charge in [0.05, 0.1) is 34.3 Å². The summed E-state index contributed by atoms with van der Waals surface area (Å²) in [5, 5.41) is 14.9. The molecule has 0 bridgehead atoms. The van der Waals surface area contributed by atoms with Gasteiger partial charge in [0.15, 0.2) is 0 Å². The number of amides is 4. The van der Waals surface area contributed by atoms with Crippen molar-refractivity contribution >= 4 is 45.2 Å². The Kier molecular flexibility index (Phi) is 12.5. The molecule has 0 radical (unpaired) electrons. The number of nitrogens with zero attached hydrogens (tertiary/aromatic N) is 3. The van der Waals surface area contributed by atoms with Crippen LogP contribution in [-0.2, 0) is 32.6 Å². The number of rotatable bonds is 15. The molecule has 4 N–H and O–H groups in total. The van der Waals surface area contributed by atoms with Gasteiger partial charge < -0.3 is 21.1 Å². The topological polar surface area (TPSA) is 153 Å². The molecule has 13 heteroatoms. The lowest BCUT2D eigenvalue weighted by atomic mass is 9.97. The summed E-state index contributed by atoms with van der Waals surface area (Å²) in [6.45, 7) is 8.77. The summed E-state index contributed by atoms with van der Waals surface area (Å²) in [5.74, 6) is -1.46. The van der Waals surface area contributed by atoms with Gasteiger partial charge in [0.1, 0.15) is 12.6 Å². The van der Waals surface area contributed by atoms with Crippen molar-refractivity contribution in [1.29, 1.82) is 0 Å². The highest BCUT2D eigenvalue weighted by atomic mass is 35.5. The summed E-state index contributed by atoms with van der Waals surface area (Å²) < 4.78 is 28.9. The maximum Gasteiger partial charge on any atom is 0.328 e. The van der Waals surface area contributed by atoms with Crippen LogP contribution in [0.3, 0.4) is 0 Å². The zero-order valence-electron chi connectivity index (χ0n) is 28.5. The van der Waals surface area contributed by atoms with Gasteiger partial charge in [-0.2, -0.15) is 4.31 Å². The number of hydrogen-bond acceptors (Lipinski definition) is 7. The fraction of sp³-hybridized carbons (Fsp3) is 0.417. The fourth-order valence-corrected chi connectivity index (χ4v) is 7.77. The number of aryl methyl sites for hydroxylation is 1. The van der Waals surface area contributed by atoms with Crippen molar-refractivity contribution in [2.24, 2.45) is 11.8 Å². The van der Waals surface area contributed by atoms with Crippen LogP contribution in [0.15, 0.2) is 77.7 Å². The number of aliphatic hydroxyl groups is 1. The number of hydrogen-bond donors (Lipinski definition) is 3. The predicted molar refractivity (Wildman–Crippen MR) is 190 cm³/mol. The first-order valence-corrected chi connectivity index (χ1v) is 18.1. The Balaban J connectivity index is 1.60. The van der Waals surface area contributed by atoms with E-state index in [1.165, 1.54) is 27.4 Å². The first-order valence-electron chi connectivity index (χ1n) is 16.3. The fourth-order valence-electron chi connectivity index (χ4n) is 6.00. The van der Waals surface area contributed by atoms with E-state index in [-0.39, 0.29) is 54.1 Å². The van der Waals surface area contributed by atoms with Gasteiger partial charge >= 0.3 is 6.03 Å². The lowest BCUT2D eigenvalue weighted by Gasteiger charge is -2.34. The predicted octanol–water partition coefficient (Wildman–Crippen LogP) is 4.45. The van der Waals surface area contributed by atoms with E-state index in [4.69, 9.17) is 17.3 Å². The number of carbonyl (C=O) groups is 3. The summed E-state index contributed by atoms with van der Waals surface area (Å²) in [6.07, 6.45) is -1.18. The molecule has 264 valence electrons. The Bertz CT molecular complexity index is 1750. The maximum atomic E-state index is 14.1. The van der Waals surface area contributed by atoms with Gasteiger partial charge in [-0.15, -0.1) is 0 Å². The molecule has 0 aromatic heterocycles. The largest absolute Gasteiger partial charge is 0.397 e. The van der Waals surface area contributed by atoms with Gasteiger partial charge in [0.2, 0.25) is 15.9 Å².